The minimum atomic E-state index is -0.398. The molecular formula is C12H19N3O2. The third-order valence-corrected chi connectivity index (χ3v) is 3.04. The summed E-state index contributed by atoms with van der Waals surface area (Å²) >= 11 is 0. The summed E-state index contributed by atoms with van der Waals surface area (Å²) < 4.78 is 0. The number of aromatic nitrogens is 1. The van der Waals surface area contributed by atoms with Crippen molar-refractivity contribution in [3.63, 3.8) is 0 Å². The van der Waals surface area contributed by atoms with Crippen molar-refractivity contribution in [1.82, 2.24) is 10.3 Å². The fourth-order valence-corrected chi connectivity index (χ4v) is 1.77. The quantitative estimate of drug-likeness (QED) is 0.630. The van der Waals surface area contributed by atoms with E-state index in [1.54, 1.807) is 13.0 Å². The summed E-state index contributed by atoms with van der Waals surface area (Å²) in [5, 5.41) is 14.0. The Morgan fingerprint density at radius 3 is 2.65 bits per heavy atom. The number of likely N-dealkylation sites (N-methyl/N-ethyl adjacent to an activating group) is 1. The van der Waals surface area contributed by atoms with E-state index in [0.717, 1.165) is 12.2 Å². The summed E-state index contributed by atoms with van der Waals surface area (Å²) in [5.41, 5.74) is 1.63. The predicted octanol–water partition coefficient (Wildman–Crippen LogP) is 2.40. The van der Waals surface area contributed by atoms with E-state index in [2.05, 4.69) is 31.1 Å². The van der Waals surface area contributed by atoms with E-state index < -0.39 is 4.92 Å². The van der Waals surface area contributed by atoms with Crippen molar-refractivity contribution in [2.45, 2.75) is 39.7 Å². The number of hydrogen-bond acceptors (Lipinski definition) is 4. The Bertz CT molecular complexity index is 407. The molecule has 5 heteroatoms. The average Bonchev–Trinajstić information content (AvgIpc) is 2.27. The molecule has 2 unspecified atom stereocenters. The highest BCUT2D eigenvalue weighted by Gasteiger charge is 2.18. The zero-order valence-corrected chi connectivity index (χ0v) is 10.7. The summed E-state index contributed by atoms with van der Waals surface area (Å²) in [6, 6.07) is 2.10. The van der Waals surface area contributed by atoms with Gasteiger partial charge in [0.15, 0.2) is 0 Å². The lowest BCUT2D eigenvalue weighted by atomic mass is 9.98. The second-order valence-corrected chi connectivity index (χ2v) is 4.29. The lowest BCUT2D eigenvalue weighted by Gasteiger charge is -2.20. The van der Waals surface area contributed by atoms with Crippen molar-refractivity contribution in [1.29, 1.82) is 0 Å². The molecular weight excluding hydrogens is 218 g/mol. The van der Waals surface area contributed by atoms with Gasteiger partial charge < -0.3 is 5.32 Å². The Morgan fingerprint density at radius 1 is 1.53 bits per heavy atom. The highest BCUT2D eigenvalue weighted by molar-refractivity contribution is 5.38. The van der Waals surface area contributed by atoms with Crippen molar-refractivity contribution in [3.8, 4) is 0 Å². The molecule has 0 saturated carbocycles. The molecule has 1 rings (SSSR count). The van der Waals surface area contributed by atoms with E-state index in [-0.39, 0.29) is 11.6 Å². The summed E-state index contributed by atoms with van der Waals surface area (Å²) in [6.07, 6.45) is 1.35. The van der Waals surface area contributed by atoms with Gasteiger partial charge in [0.1, 0.15) is 6.20 Å². The number of nitrogens with zero attached hydrogens (tertiary/aromatic N) is 2. The number of aryl methyl sites for hydroxylation is 1. The summed E-state index contributed by atoms with van der Waals surface area (Å²) in [6.45, 7) is 8.86. The highest BCUT2D eigenvalue weighted by atomic mass is 16.6. The fourth-order valence-electron chi connectivity index (χ4n) is 1.77. The zero-order valence-electron chi connectivity index (χ0n) is 10.7. The molecule has 0 aliphatic heterocycles. The van der Waals surface area contributed by atoms with Crippen molar-refractivity contribution in [2.24, 2.45) is 0 Å². The van der Waals surface area contributed by atoms with Crippen LogP contribution in [0, 0.1) is 17.0 Å². The van der Waals surface area contributed by atoms with E-state index in [4.69, 9.17) is 0 Å². The standard InChI is InChI=1S/C12H19N3O2/c1-5-13-10(4)9(3)11-6-8(2)12(7-14-11)15(16)17/h6-7,9-10,13H,5H2,1-4H3. The minimum absolute atomic E-state index is 0.0806. The van der Waals surface area contributed by atoms with E-state index in [9.17, 15) is 10.1 Å². The molecule has 94 valence electrons. The van der Waals surface area contributed by atoms with Crippen LogP contribution in [0.15, 0.2) is 12.3 Å². The van der Waals surface area contributed by atoms with Gasteiger partial charge in [-0.25, -0.2) is 0 Å². The van der Waals surface area contributed by atoms with Crippen molar-refractivity contribution < 1.29 is 4.92 Å². The molecule has 0 fully saturated rings. The van der Waals surface area contributed by atoms with Crippen LogP contribution in [0.2, 0.25) is 0 Å². The van der Waals surface area contributed by atoms with Gasteiger partial charge >= 0.3 is 0 Å². The number of rotatable bonds is 5. The minimum Gasteiger partial charge on any atom is -0.314 e. The van der Waals surface area contributed by atoms with Gasteiger partial charge in [0.2, 0.25) is 0 Å². The maximum absolute atomic E-state index is 10.7. The molecule has 1 aromatic rings. The van der Waals surface area contributed by atoms with E-state index in [1.807, 2.05) is 0 Å². The lowest BCUT2D eigenvalue weighted by molar-refractivity contribution is -0.385. The van der Waals surface area contributed by atoms with Crippen molar-refractivity contribution in [3.05, 3.63) is 33.6 Å². The van der Waals surface area contributed by atoms with Crippen LogP contribution in [0.5, 0.6) is 0 Å². The Kier molecular flexibility index (Phi) is 4.57. The van der Waals surface area contributed by atoms with E-state index in [1.165, 1.54) is 6.20 Å². The Morgan fingerprint density at radius 2 is 2.18 bits per heavy atom. The van der Waals surface area contributed by atoms with Crippen LogP contribution in [-0.4, -0.2) is 22.5 Å². The summed E-state index contributed by atoms with van der Waals surface area (Å²) in [4.78, 5) is 14.5. The van der Waals surface area contributed by atoms with Gasteiger partial charge in [0.05, 0.1) is 4.92 Å². The second-order valence-electron chi connectivity index (χ2n) is 4.29. The number of nitrogens with one attached hydrogen (secondary N) is 1. The van der Waals surface area contributed by atoms with Gasteiger partial charge in [-0.2, -0.15) is 0 Å². The first-order valence-electron chi connectivity index (χ1n) is 5.81. The maximum atomic E-state index is 10.7. The van der Waals surface area contributed by atoms with Crippen LogP contribution in [0.1, 0.15) is 37.9 Å². The van der Waals surface area contributed by atoms with Gasteiger partial charge in [0, 0.05) is 23.2 Å². The molecule has 1 heterocycles. The second kappa shape index (κ2) is 5.72. The first-order valence-corrected chi connectivity index (χ1v) is 5.81. The SMILES string of the molecule is CCNC(C)C(C)c1cc(C)c([N+](=O)[O-])cn1. The van der Waals surface area contributed by atoms with Crippen LogP contribution < -0.4 is 5.32 Å². The third kappa shape index (κ3) is 3.23. The molecule has 0 aliphatic carbocycles. The summed E-state index contributed by atoms with van der Waals surface area (Å²) in [7, 11) is 0. The predicted molar refractivity (Wildman–Crippen MR) is 67.2 cm³/mol. The molecule has 0 bridgehead atoms. The number of pyridine rings is 1. The Hall–Kier alpha value is -1.49. The molecule has 1 aromatic heterocycles. The lowest BCUT2D eigenvalue weighted by Crippen LogP contribution is -2.31. The van der Waals surface area contributed by atoms with Gasteiger partial charge in [-0.05, 0) is 26.5 Å². The molecule has 17 heavy (non-hydrogen) atoms. The summed E-state index contributed by atoms with van der Waals surface area (Å²) in [5.74, 6) is 0.231. The molecule has 1 N–H and O–H groups in total. The van der Waals surface area contributed by atoms with E-state index >= 15 is 0 Å². The average molecular weight is 237 g/mol. The highest BCUT2D eigenvalue weighted by Crippen LogP contribution is 2.22. The zero-order chi connectivity index (χ0) is 13.0. The van der Waals surface area contributed by atoms with Crippen molar-refractivity contribution >= 4 is 5.69 Å². The molecule has 0 amide bonds. The van der Waals surface area contributed by atoms with Crippen LogP contribution in [0.3, 0.4) is 0 Å². The molecule has 0 saturated heterocycles. The molecule has 0 aliphatic rings. The number of nitro groups is 1. The number of hydrogen-bond donors (Lipinski definition) is 1. The first-order chi connectivity index (χ1) is 7.97. The first kappa shape index (κ1) is 13.6. The molecule has 0 spiro atoms. The Labute approximate surface area is 101 Å². The van der Waals surface area contributed by atoms with Gasteiger partial charge in [0.25, 0.3) is 5.69 Å². The normalized spacial score (nSPS) is 14.4. The molecule has 0 aromatic carbocycles. The van der Waals surface area contributed by atoms with Gasteiger partial charge in [-0.1, -0.05) is 13.8 Å². The molecule has 5 nitrogen and oxygen atoms in total. The van der Waals surface area contributed by atoms with Crippen LogP contribution in [0.4, 0.5) is 5.69 Å². The fraction of sp³-hybridized carbons (Fsp3) is 0.583. The van der Waals surface area contributed by atoms with Gasteiger partial charge in [-0.3, -0.25) is 15.1 Å². The molecule has 0 radical (unpaired) electrons. The topological polar surface area (TPSA) is 68.1 Å². The van der Waals surface area contributed by atoms with Crippen LogP contribution >= 0.6 is 0 Å². The van der Waals surface area contributed by atoms with Crippen LogP contribution in [0.25, 0.3) is 0 Å². The monoisotopic (exact) mass is 237 g/mol. The van der Waals surface area contributed by atoms with Gasteiger partial charge in [-0.15, -0.1) is 0 Å². The largest absolute Gasteiger partial charge is 0.314 e. The Balaban J connectivity index is 2.93. The van der Waals surface area contributed by atoms with E-state index in [0.29, 0.717) is 11.6 Å². The molecule has 2 atom stereocenters. The third-order valence-electron chi connectivity index (χ3n) is 3.04. The smallest absolute Gasteiger partial charge is 0.290 e. The van der Waals surface area contributed by atoms with Crippen LogP contribution in [-0.2, 0) is 0 Å². The maximum Gasteiger partial charge on any atom is 0.290 e. The van der Waals surface area contributed by atoms with Crippen molar-refractivity contribution in [2.75, 3.05) is 6.54 Å².